The first-order valence-electron chi connectivity index (χ1n) is 6.06. The number of hydrogen-bond acceptors (Lipinski definition) is 3. The lowest BCUT2D eigenvalue weighted by molar-refractivity contribution is 0.537. The summed E-state index contributed by atoms with van der Waals surface area (Å²) in [6.45, 7) is 2.51. The van der Waals surface area contributed by atoms with Crippen molar-refractivity contribution in [2.45, 2.75) is 13.5 Å². The molecule has 0 aliphatic carbocycles. The molecule has 3 rings (SSSR count). The highest BCUT2D eigenvalue weighted by molar-refractivity contribution is 5.72. The van der Waals surface area contributed by atoms with Crippen LogP contribution in [0.25, 0.3) is 11.1 Å². The van der Waals surface area contributed by atoms with Crippen molar-refractivity contribution in [1.29, 1.82) is 0 Å². The molecule has 1 N–H and O–H groups in total. The average Bonchev–Trinajstić information content (AvgIpc) is 2.80. The molecule has 0 unspecified atom stereocenters. The highest BCUT2D eigenvalue weighted by atomic mass is 19.1. The van der Waals surface area contributed by atoms with Gasteiger partial charge in [0.1, 0.15) is 11.3 Å². The Morgan fingerprint density at radius 3 is 2.74 bits per heavy atom. The van der Waals surface area contributed by atoms with Crippen molar-refractivity contribution in [2.24, 2.45) is 0 Å². The molecule has 3 aromatic rings. The van der Waals surface area contributed by atoms with Crippen molar-refractivity contribution < 1.29 is 8.81 Å². The second kappa shape index (κ2) is 4.72. The smallest absolute Gasteiger partial charge is 0.214 e. The molecule has 1 heterocycles. The molecule has 0 saturated carbocycles. The third-order valence-electron chi connectivity index (χ3n) is 2.89. The molecular formula is C15H13FN2O. The van der Waals surface area contributed by atoms with Gasteiger partial charge >= 0.3 is 0 Å². The van der Waals surface area contributed by atoms with Crippen molar-refractivity contribution in [3.63, 3.8) is 0 Å². The van der Waals surface area contributed by atoms with E-state index in [0.717, 1.165) is 5.69 Å². The molecule has 19 heavy (non-hydrogen) atoms. The zero-order chi connectivity index (χ0) is 13.2. The Balaban J connectivity index is 1.76. The van der Waals surface area contributed by atoms with Gasteiger partial charge in [-0.15, -0.1) is 0 Å². The molecule has 0 spiro atoms. The Morgan fingerprint density at radius 2 is 1.95 bits per heavy atom. The lowest BCUT2D eigenvalue weighted by Crippen LogP contribution is -1.99. The van der Waals surface area contributed by atoms with Crippen LogP contribution in [0.3, 0.4) is 0 Å². The van der Waals surface area contributed by atoms with E-state index in [4.69, 9.17) is 4.42 Å². The van der Waals surface area contributed by atoms with E-state index >= 15 is 0 Å². The molecule has 1 aromatic heterocycles. The number of nitrogens with one attached hydrogen (secondary N) is 1. The molecule has 3 nitrogen and oxygen atoms in total. The number of nitrogens with zero attached hydrogens (tertiary/aromatic N) is 1. The van der Waals surface area contributed by atoms with Crippen LogP contribution in [0.5, 0.6) is 0 Å². The number of hydrogen-bond donors (Lipinski definition) is 1. The summed E-state index contributed by atoms with van der Waals surface area (Å²) in [4.78, 5) is 4.29. The molecular weight excluding hydrogens is 243 g/mol. The topological polar surface area (TPSA) is 38.1 Å². The number of rotatable bonds is 3. The maximum Gasteiger partial charge on any atom is 0.214 e. The van der Waals surface area contributed by atoms with E-state index in [1.54, 1.807) is 6.07 Å². The maximum atomic E-state index is 13.0. The molecule has 0 aliphatic rings. The normalized spacial score (nSPS) is 10.8. The van der Waals surface area contributed by atoms with E-state index in [0.29, 0.717) is 23.5 Å². The number of benzene rings is 2. The molecule has 96 valence electrons. The zero-order valence-corrected chi connectivity index (χ0v) is 10.5. The molecule has 4 heteroatoms. The Labute approximate surface area is 110 Å². The predicted molar refractivity (Wildman–Crippen MR) is 72.5 cm³/mol. The van der Waals surface area contributed by atoms with Crippen molar-refractivity contribution in [1.82, 2.24) is 4.98 Å². The maximum absolute atomic E-state index is 13.0. The van der Waals surface area contributed by atoms with Gasteiger partial charge < -0.3 is 9.73 Å². The van der Waals surface area contributed by atoms with Crippen LogP contribution >= 0.6 is 0 Å². The number of oxazole rings is 1. The van der Waals surface area contributed by atoms with Crippen molar-refractivity contribution in [3.8, 4) is 0 Å². The first kappa shape index (κ1) is 11.7. The van der Waals surface area contributed by atoms with Crippen LogP contribution in [0.15, 0.2) is 46.9 Å². The Kier molecular flexibility index (Phi) is 2.91. The number of aryl methyl sites for hydroxylation is 1. The summed E-state index contributed by atoms with van der Waals surface area (Å²) in [7, 11) is 0. The van der Waals surface area contributed by atoms with E-state index in [9.17, 15) is 4.39 Å². The van der Waals surface area contributed by atoms with E-state index < -0.39 is 0 Å². The number of anilines is 1. The van der Waals surface area contributed by atoms with Gasteiger partial charge in [-0.1, -0.05) is 17.7 Å². The van der Waals surface area contributed by atoms with E-state index in [-0.39, 0.29) is 5.82 Å². The third kappa shape index (κ3) is 2.57. The van der Waals surface area contributed by atoms with Crippen LogP contribution in [0.4, 0.5) is 10.1 Å². The van der Waals surface area contributed by atoms with Gasteiger partial charge in [0.05, 0.1) is 6.54 Å². The molecule has 2 aromatic carbocycles. The first-order chi connectivity index (χ1) is 9.20. The minimum Gasteiger partial charge on any atom is -0.439 e. The van der Waals surface area contributed by atoms with Gasteiger partial charge in [0.2, 0.25) is 5.89 Å². The van der Waals surface area contributed by atoms with E-state index in [1.807, 2.05) is 31.2 Å². The zero-order valence-electron chi connectivity index (χ0n) is 10.5. The van der Waals surface area contributed by atoms with Crippen LogP contribution in [-0.2, 0) is 6.54 Å². The fourth-order valence-electron chi connectivity index (χ4n) is 1.87. The minimum atomic E-state index is -0.318. The van der Waals surface area contributed by atoms with Gasteiger partial charge in [-0.25, -0.2) is 9.37 Å². The fraction of sp³-hybridized carbons (Fsp3) is 0.133. The van der Waals surface area contributed by atoms with Gasteiger partial charge in [0.15, 0.2) is 5.58 Å². The Bertz CT molecular complexity index is 704. The van der Waals surface area contributed by atoms with Gasteiger partial charge in [0, 0.05) is 11.8 Å². The summed E-state index contributed by atoms with van der Waals surface area (Å²) in [5, 5.41) is 3.21. The summed E-state index contributed by atoms with van der Waals surface area (Å²) in [6, 6.07) is 12.4. The van der Waals surface area contributed by atoms with Gasteiger partial charge in [-0.05, 0) is 31.2 Å². The first-order valence-corrected chi connectivity index (χ1v) is 6.06. The minimum absolute atomic E-state index is 0.318. The summed E-state index contributed by atoms with van der Waals surface area (Å²) >= 11 is 0. The number of halogens is 1. The molecule has 0 atom stereocenters. The SMILES string of the molecule is Cc1ccc(NCc2nc3ccc(F)cc3o2)cc1. The van der Waals surface area contributed by atoms with Crippen molar-refractivity contribution >= 4 is 16.8 Å². The van der Waals surface area contributed by atoms with Crippen LogP contribution in [-0.4, -0.2) is 4.98 Å². The highest BCUT2D eigenvalue weighted by Crippen LogP contribution is 2.17. The number of aromatic nitrogens is 1. The summed E-state index contributed by atoms with van der Waals surface area (Å²) in [6.07, 6.45) is 0. The largest absolute Gasteiger partial charge is 0.439 e. The Hall–Kier alpha value is -2.36. The van der Waals surface area contributed by atoms with Gasteiger partial charge in [-0.2, -0.15) is 0 Å². The second-order valence-corrected chi connectivity index (χ2v) is 4.44. The summed E-state index contributed by atoms with van der Waals surface area (Å²) in [5.41, 5.74) is 3.35. The van der Waals surface area contributed by atoms with Crippen molar-refractivity contribution in [3.05, 3.63) is 59.7 Å². The fourth-order valence-corrected chi connectivity index (χ4v) is 1.87. The Morgan fingerprint density at radius 1 is 1.16 bits per heavy atom. The summed E-state index contributed by atoms with van der Waals surface area (Å²) in [5.74, 6) is 0.225. The highest BCUT2D eigenvalue weighted by Gasteiger charge is 2.06. The molecule has 0 bridgehead atoms. The van der Waals surface area contributed by atoms with Crippen LogP contribution < -0.4 is 5.32 Å². The standard InChI is InChI=1S/C15H13FN2O/c1-10-2-5-12(6-3-10)17-9-15-18-13-7-4-11(16)8-14(13)19-15/h2-8,17H,9H2,1H3. The number of fused-ring (bicyclic) bond motifs is 1. The van der Waals surface area contributed by atoms with E-state index in [2.05, 4.69) is 10.3 Å². The van der Waals surface area contributed by atoms with Gasteiger partial charge in [-0.3, -0.25) is 0 Å². The molecule has 0 fully saturated rings. The average molecular weight is 256 g/mol. The monoisotopic (exact) mass is 256 g/mol. The van der Waals surface area contributed by atoms with Crippen molar-refractivity contribution in [2.75, 3.05) is 5.32 Å². The predicted octanol–water partition coefficient (Wildman–Crippen LogP) is 3.89. The molecule has 0 saturated heterocycles. The quantitative estimate of drug-likeness (QED) is 0.772. The third-order valence-corrected chi connectivity index (χ3v) is 2.89. The lowest BCUT2D eigenvalue weighted by Gasteiger charge is -2.03. The molecule has 0 aliphatic heterocycles. The summed E-state index contributed by atoms with van der Waals surface area (Å²) < 4.78 is 18.5. The van der Waals surface area contributed by atoms with Crippen LogP contribution in [0, 0.1) is 12.7 Å². The lowest BCUT2D eigenvalue weighted by atomic mass is 10.2. The van der Waals surface area contributed by atoms with Gasteiger partial charge in [0.25, 0.3) is 0 Å². The molecule has 0 radical (unpaired) electrons. The van der Waals surface area contributed by atoms with E-state index in [1.165, 1.54) is 17.7 Å². The van der Waals surface area contributed by atoms with Crippen LogP contribution in [0.2, 0.25) is 0 Å². The van der Waals surface area contributed by atoms with Crippen LogP contribution in [0.1, 0.15) is 11.5 Å². The second-order valence-electron chi connectivity index (χ2n) is 4.44. The molecule has 0 amide bonds.